The maximum Gasteiger partial charge on any atom is 0.311 e. The van der Waals surface area contributed by atoms with Gasteiger partial charge in [-0.15, -0.1) is 0 Å². The fraction of sp³-hybridized carbons (Fsp3) is 0.0417. The molecule has 10 nitrogen and oxygen atoms in total. The van der Waals surface area contributed by atoms with Gasteiger partial charge in [-0.1, -0.05) is 24.3 Å². The quantitative estimate of drug-likeness (QED) is 0.201. The smallest absolute Gasteiger partial charge is 0.311 e. The average molecular weight is 490 g/mol. The van der Waals surface area contributed by atoms with Crippen molar-refractivity contribution in [3.63, 3.8) is 0 Å². The predicted octanol–water partition coefficient (Wildman–Crippen LogP) is 4.73. The summed E-state index contributed by atoms with van der Waals surface area (Å²) in [5.74, 6) is -0.854. The van der Waals surface area contributed by atoms with Crippen molar-refractivity contribution in [2.45, 2.75) is 0 Å². The Morgan fingerprint density at radius 2 is 1.69 bits per heavy atom. The number of ether oxygens (including phenoxy) is 1. The van der Waals surface area contributed by atoms with Crippen LogP contribution in [0.2, 0.25) is 0 Å². The second kappa shape index (κ2) is 10.0. The number of carbonyl (C=O) groups is 2. The molecule has 1 aromatic heterocycles. The van der Waals surface area contributed by atoms with E-state index in [9.17, 15) is 19.7 Å². The highest BCUT2D eigenvalue weighted by Crippen LogP contribution is 2.27. The minimum absolute atomic E-state index is 0.0331. The number of nitrogens with one attached hydrogen (secondary N) is 3. The highest BCUT2D eigenvalue weighted by molar-refractivity contribution is 7.80. The summed E-state index contributed by atoms with van der Waals surface area (Å²) in [6.45, 7) is 0. The number of thiocarbonyl (C=S) groups is 1. The molecule has 0 saturated heterocycles. The summed E-state index contributed by atoms with van der Waals surface area (Å²) >= 11 is 5.19. The Balaban J connectivity index is 1.40. The number of benzene rings is 3. The molecule has 0 unspecified atom stereocenters. The first-order valence-electron chi connectivity index (χ1n) is 10.2. The van der Waals surface area contributed by atoms with Crippen molar-refractivity contribution >= 4 is 57.2 Å². The molecule has 3 N–H and O–H groups in total. The molecule has 0 aliphatic rings. The first-order valence-corrected chi connectivity index (χ1v) is 10.6. The fourth-order valence-electron chi connectivity index (χ4n) is 3.27. The van der Waals surface area contributed by atoms with Crippen LogP contribution < -0.4 is 20.7 Å². The maximum atomic E-state index is 12.6. The Morgan fingerprint density at radius 3 is 2.40 bits per heavy atom. The van der Waals surface area contributed by atoms with Crippen molar-refractivity contribution in [2.24, 2.45) is 0 Å². The van der Waals surface area contributed by atoms with Crippen molar-refractivity contribution in [1.82, 2.24) is 5.32 Å². The zero-order valence-electron chi connectivity index (χ0n) is 18.2. The van der Waals surface area contributed by atoms with Crippen LogP contribution in [0.15, 0.2) is 77.2 Å². The Hall–Kier alpha value is -4.77. The Bertz CT molecular complexity index is 1430. The van der Waals surface area contributed by atoms with E-state index in [4.69, 9.17) is 21.4 Å². The molecule has 11 heteroatoms. The highest BCUT2D eigenvalue weighted by Gasteiger charge is 2.19. The Morgan fingerprint density at radius 1 is 0.943 bits per heavy atom. The van der Waals surface area contributed by atoms with E-state index < -0.39 is 16.7 Å². The minimum Gasteiger partial charge on any atom is -0.490 e. The average Bonchev–Trinajstić information content (AvgIpc) is 3.28. The maximum absolute atomic E-state index is 12.6. The van der Waals surface area contributed by atoms with Gasteiger partial charge in [0.1, 0.15) is 5.58 Å². The van der Waals surface area contributed by atoms with Gasteiger partial charge in [0.2, 0.25) is 0 Å². The third kappa shape index (κ3) is 5.42. The lowest BCUT2D eigenvalue weighted by Crippen LogP contribution is -2.34. The molecule has 0 aliphatic heterocycles. The van der Waals surface area contributed by atoms with Crippen LogP contribution in [-0.4, -0.2) is 29.0 Å². The van der Waals surface area contributed by atoms with E-state index in [1.54, 1.807) is 36.4 Å². The van der Waals surface area contributed by atoms with E-state index in [2.05, 4.69) is 16.0 Å². The molecular weight excluding hydrogens is 472 g/mol. The van der Waals surface area contributed by atoms with Gasteiger partial charge in [0, 0.05) is 28.4 Å². The number of furan rings is 1. The van der Waals surface area contributed by atoms with Crippen LogP contribution in [0.3, 0.4) is 0 Å². The van der Waals surface area contributed by atoms with Crippen LogP contribution in [-0.2, 0) is 0 Å². The molecule has 3 aromatic carbocycles. The van der Waals surface area contributed by atoms with E-state index in [1.807, 2.05) is 18.2 Å². The van der Waals surface area contributed by atoms with E-state index in [0.717, 1.165) is 11.5 Å². The number of hydrogen-bond donors (Lipinski definition) is 3. The second-order valence-electron chi connectivity index (χ2n) is 7.24. The van der Waals surface area contributed by atoms with Crippen LogP contribution in [0.25, 0.3) is 11.0 Å². The van der Waals surface area contributed by atoms with E-state index >= 15 is 0 Å². The summed E-state index contributed by atoms with van der Waals surface area (Å²) in [5.41, 5.74) is 1.27. The number of hydrogen-bond acceptors (Lipinski definition) is 7. The summed E-state index contributed by atoms with van der Waals surface area (Å²) in [7, 11) is 1.30. The monoisotopic (exact) mass is 490 g/mol. The van der Waals surface area contributed by atoms with Crippen molar-refractivity contribution in [2.75, 3.05) is 17.7 Å². The lowest BCUT2D eigenvalue weighted by atomic mass is 10.1. The largest absolute Gasteiger partial charge is 0.490 e. The molecule has 4 rings (SSSR count). The second-order valence-corrected chi connectivity index (χ2v) is 7.64. The van der Waals surface area contributed by atoms with E-state index in [0.29, 0.717) is 17.0 Å². The molecule has 0 saturated carbocycles. The third-order valence-corrected chi connectivity index (χ3v) is 5.10. The van der Waals surface area contributed by atoms with Crippen molar-refractivity contribution < 1.29 is 23.7 Å². The molecule has 4 aromatic rings. The molecule has 2 amide bonds. The number of methoxy groups -OCH3 is 1. The van der Waals surface area contributed by atoms with Crippen LogP contribution in [0.1, 0.15) is 20.9 Å². The molecule has 0 atom stereocenters. The van der Waals surface area contributed by atoms with Gasteiger partial charge in [0.15, 0.2) is 16.6 Å². The van der Waals surface area contributed by atoms with Crippen LogP contribution in [0, 0.1) is 10.1 Å². The van der Waals surface area contributed by atoms with Gasteiger partial charge in [-0.25, -0.2) is 0 Å². The molecule has 35 heavy (non-hydrogen) atoms. The zero-order valence-corrected chi connectivity index (χ0v) is 19.0. The predicted molar refractivity (Wildman–Crippen MR) is 134 cm³/mol. The number of nitrogens with zero attached hydrogens (tertiary/aromatic N) is 1. The highest BCUT2D eigenvalue weighted by atomic mass is 32.1. The van der Waals surface area contributed by atoms with Gasteiger partial charge in [-0.05, 0) is 54.7 Å². The molecule has 176 valence electrons. The van der Waals surface area contributed by atoms with Gasteiger partial charge in [-0.3, -0.25) is 25.0 Å². The number of amides is 2. The third-order valence-electron chi connectivity index (χ3n) is 4.89. The molecular formula is C24H18N4O6S. The fourth-order valence-corrected chi connectivity index (χ4v) is 3.48. The Labute approximate surface area is 204 Å². The molecule has 1 heterocycles. The minimum atomic E-state index is -0.642. The lowest BCUT2D eigenvalue weighted by Gasteiger charge is -2.11. The first kappa shape index (κ1) is 23.4. The van der Waals surface area contributed by atoms with E-state index in [1.165, 1.54) is 19.2 Å². The number of anilines is 2. The summed E-state index contributed by atoms with van der Waals surface area (Å²) in [4.78, 5) is 35.6. The van der Waals surface area contributed by atoms with Crippen molar-refractivity contribution in [3.05, 3.63) is 94.2 Å². The van der Waals surface area contributed by atoms with Gasteiger partial charge >= 0.3 is 5.69 Å². The van der Waals surface area contributed by atoms with Crippen molar-refractivity contribution in [1.29, 1.82) is 0 Å². The van der Waals surface area contributed by atoms with Gasteiger partial charge in [0.05, 0.1) is 12.0 Å². The summed E-state index contributed by atoms with van der Waals surface area (Å²) in [5, 5.41) is 20.0. The Kier molecular flexibility index (Phi) is 6.69. The van der Waals surface area contributed by atoms with Crippen molar-refractivity contribution in [3.8, 4) is 5.75 Å². The van der Waals surface area contributed by atoms with E-state index in [-0.39, 0.29) is 27.9 Å². The number of rotatable bonds is 6. The summed E-state index contributed by atoms with van der Waals surface area (Å²) in [6, 6.07) is 19.5. The summed E-state index contributed by atoms with van der Waals surface area (Å²) in [6.07, 6.45) is 0. The number of carbonyl (C=O) groups excluding carboxylic acids is 2. The standard InChI is InChI=1S/C24H18N4O6S/c1-33-20-10-9-15(11-18(20)28(31)32)22(29)27-24(35)26-17-7-4-6-16(13-17)25-23(30)21-12-14-5-2-3-8-19(14)34-21/h2-13H,1H3,(H,25,30)(H2,26,27,29,35). The molecule has 0 radical (unpaired) electrons. The SMILES string of the molecule is COc1ccc(C(=O)NC(=S)Nc2cccc(NC(=O)c3cc4ccccc4o3)c2)cc1[N+](=O)[O-]. The molecule has 0 aliphatic carbocycles. The van der Waals surface area contributed by atoms with Gasteiger partial charge in [0.25, 0.3) is 11.8 Å². The number of fused-ring (bicyclic) bond motifs is 1. The van der Waals surface area contributed by atoms with Gasteiger partial charge < -0.3 is 19.8 Å². The summed E-state index contributed by atoms with van der Waals surface area (Å²) < 4.78 is 10.5. The van der Waals surface area contributed by atoms with Crippen LogP contribution >= 0.6 is 12.2 Å². The normalized spacial score (nSPS) is 10.4. The van der Waals surface area contributed by atoms with Crippen LogP contribution in [0.5, 0.6) is 5.75 Å². The lowest BCUT2D eigenvalue weighted by molar-refractivity contribution is -0.385. The first-order chi connectivity index (χ1) is 16.8. The molecule has 0 spiro atoms. The number of nitro groups is 1. The van der Waals surface area contributed by atoms with Crippen LogP contribution in [0.4, 0.5) is 17.1 Å². The topological polar surface area (TPSA) is 136 Å². The molecule has 0 fully saturated rings. The molecule has 0 bridgehead atoms. The number of para-hydroxylation sites is 1. The number of nitro benzene ring substituents is 1. The van der Waals surface area contributed by atoms with Gasteiger partial charge in [-0.2, -0.15) is 0 Å². The zero-order chi connectivity index (χ0) is 24.9.